The fraction of sp³-hybridized carbons (Fsp3) is 0.143. The number of ether oxygens (including phenoxy) is 3. The number of nitrogens with zero attached hydrogens (tertiary/aromatic N) is 1. The maximum Gasteiger partial charge on any atom is 0.331 e. The van der Waals surface area contributed by atoms with Crippen molar-refractivity contribution in [3.63, 3.8) is 0 Å². The van der Waals surface area contributed by atoms with Crippen LogP contribution in [0.3, 0.4) is 0 Å². The Morgan fingerprint density at radius 3 is 2.57 bits per heavy atom. The third-order valence-electron chi connectivity index (χ3n) is 3.67. The molecule has 0 aliphatic carbocycles. The van der Waals surface area contributed by atoms with Crippen molar-refractivity contribution >= 4 is 29.3 Å². The van der Waals surface area contributed by atoms with Gasteiger partial charge < -0.3 is 19.5 Å². The number of nitro groups is 1. The largest absolute Gasteiger partial charge is 0.495 e. The number of nitrogens with one attached hydrogen (secondary N) is 1. The van der Waals surface area contributed by atoms with Crippen LogP contribution in [0.25, 0.3) is 6.08 Å². The molecule has 30 heavy (non-hydrogen) atoms. The maximum atomic E-state index is 12.0. The Labute approximate surface area is 172 Å². The second-order valence-electron chi connectivity index (χ2n) is 5.80. The zero-order valence-electron chi connectivity index (χ0n) is 16.2. The van der Waals surface area contributed by atoms with Crippen molar-refractivity contribution in [3.8, 4) is 11.5 Å². The Balaban J connectivity index is 1.88. The van der Waals surface area contributed by atoms with E-state index in [0.717, 1.165) is 11.6 Å². The molecule has 2 rings (SSSR count). The van der Waals surface area contributed by atoms with E-state index in [1.807, 2.05) is 0 Å². The number of carbonyl (C=O) groups excluding carboxylic acids is 2. The van der Waals surface area contributed by atoms with Gasteiger partial charge in [-0.2, -0.15) is 0 Å². The lowest BCUT2D eigenvalue weighted by molar-refractivity contribution is -0.384. The number of methoxy groups -OCH3 is 1. The lowest BCUT2D eigenvalue weighted by Crippen LogP contribution is -2.20. The first kappa shape index (κ1) is 22.2. The Hall–Kier alpha value is -4.14. The van der Waals surface area contributed by atoms with Gasteiger partial charge in [0, 0.05) is 18.2 Å². The van der Waals surface area contributed by atoms with E-state index in [9.17, 15) is 19.7 Å². The van der Waals surface area contributed by atoms with Gasteiger partial charge in [-0.05, 0) is 29.8 Å². The van der Waals surface area contributed by atoms with Crippen LogP contribution in [0.1, 0.15) is 5.56 Å². The van der Waals surface area contributed by atoms with Crippen LogP contribution in [-0.2, 0) is 14.3 Å². The minimum Gasteiger partial charge on any atom is -0.495 e. The third kappa shape index (κ3) is 6.79. The summed E-state index contributed by atoms with van der Waals surface area (Å²) < 4.78 is 15.3. The summed E-state index contributed by atoms with van der Waals surface area (Å²) >= 11 is 0. The summed E-state index contributed by atoms with van der Waals surface area (Å²) in [6, 6.07) is 10.8. The van der Waals surface area contributed by atoms with E-state index in [-0.39, 0.29) is 17.1 Å². The lowest BCUT2D eigenvalue weighted by Gasteiger charge is -2.09. The number of non-ortho nitro benzene ring substituents is 1. The standard InChI is InChI=1S/C21H20N2O7/c1-3-12-29-17-8-4-15(5-9-17)6-11-21(25)30-14-20(24)22-18-13-16(23(26)27)7-10-19(18)28-2/h3-11,13H,1,12,14H2,2H3,(H,22,24)/b11-6+. The Morgan fingerprint density at radius 2 is 1.93 bits per heavy atom. The van der Waals surface area contributed by atoms with Crippen molar-refractivity contribution in [2.75, 3.05) is 25.6 Å². The van der Waals surface area contributed by atoms with Crippen LogP contribution in [0, 0.1) is 10.1 Å². The number of hydrogen-bond acceptors (Lipinski definition) is 7. The van der Waals surface area contributed by atoms with E-state index in [2.05, 4.69) is 11.9 Å². The van der Waals surface area contributed by atoms with Crippen LogP contribution in [0.4, 0.5) is 11.4 Å². The second-order valence-corrected chi connectivity index (χ2v) is 5.80. The van der Waals surface area contributed by atoms with Crippen molar-refractivity contribution in [1.29, 1.82) is 0 Å². The number of hydrogen-bond donors (Lipinski definition) is 1. The van der Waals surface area contributed by atoms with Gasteiger partial charge in [-0.25, -0.2) is 4.79 Å². The van der Waals surface area contributed by atoms with Gasteiger partial charge in [0.2, 0.25) is 0 Å². The summed E-state index contributed by atoms with van der Waals surface area (Å²) in [4.78, 5) is 34.1. The second kappa shape index (κ2) is 11.0. The zero-order chi connectivity index (χ0) is 21.9. The van der Waals surface area contributed by atoms with E-state index in [4.69, 9.17) is 14.2 Å². The fourth-order valence-electron chi connectivity index (χ4n) is 2.27. The molecule has 0 aromatic heterocycles. The van der Waals surface area contributed by atoms with Crippen molar-refractivity contribution in [2.24, 2.45) is 0 Å². The molecule has 0 fully saturated rings. The van der Waals surface area contributed by atoms with E-state index < -0.39 is 23.4 Å². The highest BCUT2D eigenvalue weighted by Gasteiger charge is 2.14. The van der Waals surface area contributed by atoms with Crippen LogP contribution in [0.5, 0.6) is 11.5 Å². The molecule has 0 radical (unpaired) electrons. The van der Waals surface area contributed by atoms with E-state index in [1.54, 1.807) is 30.3 Å². The lowest BCUT2D eigenvalue weighted by atomic mass is 10.2. The van der Waals surface area contributed by atoms with Crippen LogP contribution in [0.2, 0.25) is 0 Å². The number of nitro benzene ring substituents is 1. The summed E-state index contributed by atoms with van der Waals surface area (Å²) in [5.41, 5.74) is 0.623. The van der Waals surface area contributed by atoms with Crippen LogP contribution in [0.15, 0.2) is 61.2 Å². The van der Waals surface area contributed by atoms with Gasteiger partial charge in [0.15, 0.2) is 6.61 Å². The Kier molecular flexibility index (Phi) is 8.13. The molecule has 0 aliphatic heterocycles. The molecule has 1 N–H and O–H groups in total. The first-order valence-corrected chi connectivity index (χ1v) is 8.74. The molecular formula is C21H20N2O7. The monoisotopic (exact) mass is 412 g/mol. The predicted octanol–water partition coefficient (Wildman–Crippen LogP) is 3.36. The third-order valence-corrected chi connectivity index (χ3v) is 3.67. The molecule has 0 bridgehead atoms. The summed E-state index contributed by atoms with van der Waals surface area (Å²) in [5.74, 6) is -0.481. The summed E-state index contributed by atoms with van der Waals surface area (Å²) in [6.45, 7) is 3.39. The highest BCUT2D eigenvalue weighted by Crippen LogP contribution is 2.28. The molecular weight excluding hydrogens is 392 g/mol. The van der Waals surface area contributed by atoms with Crippen molar-refractivity contribution < 1.29 is 28.7 Å². The minimum atomic E-state index is -0.719. The smallest absolute Gasteiger partial charge is 0.331 e. The van der Waals surface area contributed by atoms with Gasteiger partial charge in [-0.1, -0.05) is 24.8 Å². The molecule has 0 spiro atoms. The molecule has 0 saturated heterocycles. The molecule has 156 valence electrons. The first-order chi connectivity index (χ1) is 14.4. The maximum absolute atomic E-state index is 12.0. The molecule has 0 atom stereocenters. The number of anilines is 1. The predicted molar refractivity (Wildman–Crippen MR) is 110 cm³/mol. The van der Waals surface area contributed by atoms with Gasteiger partial charge >= 0.3 is 5.97 Å². The van der Waals surface area contributed by atoms with E-state index in [0.29, 0.717) is 12.4 Å². The number of rotatable bonds is 10. The van der Waals surface area contributed by atoms with Gasteiger partial charge in [0.1, 0.15) is 18.1 Å². The highest BCUT2D eigenvalue weighted by atomic mass is 16.6. The number of benzene rings is 2. The average molecular weight is 412 g/mol. The minimum absolute atomic E-state index is 0.0991. The molecule has 9 nitrogen and oxygen atoms in total. The molecule has 1 amide bonds. The van der Waals surface area contributed by atoms with Crippen LogP contribution >= 0.6 is 0 Å². The van der Waals surface area contributed by atoms with Crippen molar-refractivity contribution in [3.05, 3.63) is 76.9 Å². The van der Waals surface area contributed by atoms with Gasteiger partial charge in [0.25, 0.3) is 11.6 Å². The SMILES string of the molecule is C=CCOc1ccc(/C=C/C(=O)OCC(=O)Nc2cc([N+](=O)[O-])ccc2OC)cc1. The number of carbonyl (C=O) groups is 2. The van der Waals surface area contributed by atoms with E-state index >= 15 is 0 Å². The quantitative estimate of drug-likeness (QED) is 0.209. The zero-order valence-corrected chi connectivity index (χ0v) is 16.2. The number of esters is 1. The summed E-state index contributed by atoms with van der Waals surface area (Å²) in [6.07, 6.45) is 4.34. The number of amides is 1. The molecule has 9 heteroatoms. The summed E-state index contributed by atoms with van der Waals surface area (Å²) in [7, 11) is 1.36. The first-order valence-electron chi connectivity index (χ1n) is 8.74. The highest BCUT2D eigenvalue weighted by molar-refractivity contribution is 5.96. The van der Waals surface area contributed by atoms with Gasteiger partial charge in [-0.3, -0.25) is 14.9 Å². The average Bonchev–Trinajstić information content (AvgIpc) is 2.75. The molecule has 0 unspecified atom stereocenters. The fourth-order valence-corrected chi connectivity index (χ4v) is 2.27. The summed E-state index contributed by atoms with van der Waals surface area (Å²) in [5, 5.41) is 13.3. The Morgan fingerprint density at radius 1 is 1.20 bits per heavy atom. The Bertz CT molecular complexity index is 952. The van der Waals surface area contributed by atoms with Crippen molar-refractivity contribution in [2.45, 2.75) is 0 Å². The topological polar surface area (TPSA) is 117 Å². The molecule has 2 aromatic rings. The van der Waals surface area contributed by atoms with Gasteiger partial charge in [-0.15, -0.1) is 0 Å². The normalized spacial score (nSPS) is 10.3. The molecule has 0 aliphatic rings. The van der Waals surface area contributed by atoms with Crippen LogP contribution in [-0.4, -0.2) is 37.1 Å². The van der Waals surface area contributed by atoms with Crippen molar-refractivity contribution in [1.82, 2.24) is 0 Å². The van der Waals surface area contributed by atoms with Gasteiger partial charge in [0.05, 0.1) is 17.7 Å². The van der Waals surface area contributed by atoms with E-state index in [1.165, 1.54) is 31.4 Å². The molecule has 2 aromatic carbocycles. The van der Waals surface area contributed by atoms with Crippen LogP contribution < -0.4 is 14.8 Å². The molecule has 0 heterocycles. The molecule has 0 saturated carbocycles.